The normalized spacial score (nSPS) is 10.4. The topological polar surface area (TPSA) is 119 Å². The lowest BCUT2D eigenvalue weighted by atomic mass is 10.1. The zero-order valence-electron chi connectivity index (χ0n) is 15.8. The number of carbonyl (C=O) groups excluding carboxylic acids is 2. The van der Waals surface area contributed by atoms with Crippen molar-refractivity contribution in [3.05, 3.63) is 77.1 Å². The van der Waals surface area contributed by atoms with E-state index >= 15 is 0 Å². The van der Waals surface area contributed by atoms with E-state index < -0.39 is 23.5 Å². The molecule has 0 aliphatic rings. The van der Waals surface area contributed by atoms with Gasteiger partial charge < -0.3 is 21.1 Å². The monoisotopic (exact) mass is 413 g/mol. The van der Waals surface area contributed by atoms with Crippen molar-refractivity contribution >= 4 is 29.2 Å². The molecule has 154 valence electrons. The number of primary amides is 1. The molecule has 2 heterocycles. The molecule has 0 radical (unpaired) electrons. The van der Waals surface area contributed by atoms with Crippen molar-refractivity contribution in [1.82, 2.24) is 9.97 Å². The quantitative estimate of drug-likeness (QED) is 0.510. The lowest BCUT2D eigenvalue weighted by Crippen LogP contribution is -2.16. The molecule has 10 heteroatoms. The molecule has 1 amide bonds. The van der Waals surface area contributed by atoms with Gasteiger partial charge in [-0.3, -0.25) is 4.79 Å². The minimum absolute atomic E-state index is 0.0475. The number of benzene rings is 1. The highest BCUT2D eigenvalue weighted by Gasteiger charge is 2.14. The molecule has 0 atom stereocenters. The highest BCUT2D eigenvalue weighted by atomic mass is 19.1. The average Bonchev–Trinajstić information content (AvgIpc) is 2.73. The Morgan fingerprint density at radius 1 is 1.07 bits per heavy atom. The molecule has 0 spiro atoms. The number of hydrogen-bond donors (Lipinski definition) is 3. The molecule has 30 heavy (non-hydrogen) atoms. The second-order valence-corrected chi connectivity index (χ2v) is 6.08. The van der Waals surface area contributed by atoms with Crippen molar-refractivity contribution in [2.75, 3.05) is 17.7 Å². The van der Waals surface area contributed by atoms with Gasteiger partial charge in [0.25, 0.3) is 5.91 Å². The van der Waals surface area contributed by atoms with Gasteiger partial charge in [0.1, 0.15) is 23.3 Å². The lowest BCUT2D eigenvalue weighted by molar-refractivity contribution is 0.0600. The Morgan fingerprint density at radius 3 is 2.37 bits per heavy atom. The average molecular weight is 413 g/mol. The van der Waals surface area contributed by atoms with Gasteiger partial charge in [-0.15, -0.1) is 0 Å². The number of anilines is 3. The Hall–Kier alpha value is -4.08. The third-order valence-corrected chi connectivity index (χ3v) is 4.13. The molecule has 0 bridgehead atoms. The van der Waals surface area contributed by atoms with Crippen LogP contribution >= 0.6 is 0 Å². The number of rotatable bonds is 7. The molecule has 0 unspecified atom stereocenters. The van der Waals surface area contributed by atoms with Crippen molar-refractivity contribution in [3.63, 3.8) is 0 Å². The summed E-state index contributed by atoms with van der Waals surface area (Å²) >= 11 is 0. The van der Waals surface area contributed by atoms with Gasteiger partial charge >= 0.3 is 5.97 Å². The minimum Gasteiger partial charge on any atom is -0.465 e. The Bertz CT molecular complexity index is 1070. The van der Waals surface area contributed by atoms with Crippen LogP contribution in [-0.4, -0.2) is 29.0 Å². The van der Waals surface area contributed by atoms with E-state index in [0.717, 1.165) is 12.1 Å². The fourth-order valence-corrected chi connectivity index (χ4v) is 2.59. The van der Waals surface area contributed by atoms with E-state index in [4.69, 9.17) is 5.73 Å². The zero-order chi connectivity index (χ0) is 21.7. The molecule has 3 rings (SSSR count). The van der Waals surface area contributed by atoms with Crippen LogP contribution in [0.25, 0.3) is 0 Å². The third kappa shape index (κ3) is 4.66. The predicted molar refractivity (Wildman–Crippen MR) is 105 cm³/mol. The first-order chi connectivity index (χ1) is 14.4. The second-order valence-electron chi connectivity index (χ2n) is 6.08. The predicted octanol–water partition coefficient (Wildman–Crippen LogP) is 3.00. The maximum absolute atomic E-state index is 13.9. The summed E-state index contributed by atoms with van der Waals surface area (Å²) in [5.41, 5.74) is 5.73. The van der Waals surface area contributed by atoms with E-state index in [1.54, 1.807) is 0 Å². The van der Waals surface area contributed by atoms with Crippen LogP contribution in [-0.2, 0) is 11.3 Å². The smallest absolute Gasteiger partial charge is 0.339 e. The number of halogens is 2. The van der Waals surface area contributed by atoms with Gasteiger partial charge in [0, 0.05) is 30.6 Å². The fourth-order valence-electron chi connectivity index (χ4n) is 2.59. The molecule has 0 aliphatic heterocycles. The number of nitrogens with two attached hydrogens (primary N) is 1. The molecule has 0 saturated heterocycles. The van der Waals surface area contributed by atoms with Gasteiger partial charge in [0.2, 0.25) is 0 Å². The van der Waals surface area contributed by atoms with Crippen LogP contribution in [0.2, 0.25) is 0 Å². The van der Waals surface area contributed by atoms with E-state index in [-0.39, 0.29) is 34.7 Å². The van der Waals surface area contributed by atoms with Gasteiger partial charge in [-0.2, -0.15) is 0 Å². The maximum atomic E-state index is 13.9. The fraction of sp³-hybridized carbons (Fsp3) is 0.100. The van der Waals surface area contributed by atoms with E-state index in [9.17, 15) is 18.4 Å². The van der Waals surface area contributed by atoms with Crippen LogP contribution in [0.15, 0.2) is 48.8 Å². The molecule has 0 saturated carbocycles. The first kappa shape index (κ1) is 20.6. The number of esters is 1. The largest absolute Gasteiger partial charge is 0.465 e. The van der Waals surface area contributed by atoms with Gasteiger partial charge in [-0.25, -0.2) is 23.5 Å². The summed E-state index contributed by atoms with van der Waals surface area (Å²) < 4.78 is 32.3. The summed E-state index contributed by atoms with van der Waals surface area (Å²) in [4.78, 5) is 31.3. The van der Waals surface area contributed by atoms with E-state index in [1.165, 1.54) is 43.8 Å². The van der Waals surface area contributed by atoms with Crippen LogP contribution in [0.3, 0.4) is 0 Å². The maximum Gasteiger partial charge on any atom is 0.339 e. The van der Waals surface area contributed by atoms with Gasteiger partial charge in [0.05, 0.1) is 23.9 Å². The molecule has 0 aliphatic carbocycles. The van der Waals surface area contributed by atoms with Crippen molar-refractivity contribution in [3.8, 4) is 0 Å². The number of nitrogens with zero attached hydrogens (tertiary/aromatic N) is 2. The molecule has 4 N–H and O–H groups in total. The number of aromatic nitrogens is 2. The lowest BCUT2D eigenvalue weighted by Gasteiger charge is -2.13. The molecule has 8 nitrogen and oxygen atoms in total. The number of methoxy groups -OCH3 is 1. The molecule has 0 fully saturated rings. The van der Waals surface area contributed by atoms with Crippen LogP contribution in [0.5, 0.6) is 0 Å². The number of nitrogens with one attached hydrogen (secondary N) is 2. The van der Waals surface area contributed by atoms with Gasteiger partial charge in [0.15, 0.2) is 0 Å². The van der Waals surface area contributed by atoms with Gasteiger partial charge in [-0.05, 0) is 24.3 Å². The number of amides is 1. The first-order valence-electron chi connectivity index (χ1n) is 8.67. The second kappa shape index (κ2) is 8.95. The first-order valence-corrected chi connectivity index (χ1v) is 8.67. The third-order valence-electron chi connectivity index (χ3n) is 4.13. The summed E-state index contributed by atoms with van der Waals surface area (Å²) in [6.45, 7) is -0.214. The van der Waals surface area contributed by atoms with E-state index in [1.807, 2.05) is 0 Å². The number of ether oxygens (including phenoxy) is 1. The standard InChI is InChI=1S/C20H17F2N5O3/c1-30-20(29)11-5-6-17(25-8-11)27-18-7-16(13(10-26-18)19(23)28)24-9-12-14(21)3-2-4-15(12)22/h2-8,10H,9H2,1H3,(H2,23,28)(H2,24,25,26,27). The SMILES string of the molecule is COC(=O)c1ccc(Nc2cc(NCc3c(F)cccc3F)c(C(N)=O)cn2)nc1. The van der Waals surface area contributed by atoms with Crippen LogP contribution < -0.4 is 16.4 Å². The Morgan fingerprint density at radius 2 is 1.77 bits per heavy atom. The summed E-state index contributed by atoms with van der Waals surface area (Å²) in [7, 11) is 1.26. The number of pyridine rings is 2. The minimum atomic E-state index is -0.758. The number of carbonyl (C=O) groups is 2. The highest BCUT2D eigenvalue weighted by Crippen LogP contribution is 2.22. The Balaban J connectivity index is 1.82. The van der Waals surface area contributed by atoms with E-state index in [2.05, 4.69) is 25.3 Å². The van der Waals surface area contributed by atoms with Crippen LogP contribution in [0.1, 0.15) is 26.3 Å². The van der Waals surface area contributed by atoms with Crippen molar-refractivity contribution < 1.29 is 23.1 Å². The summed E-state index contributed by atoms with van der Waals surface area (Å²) in [6, 6.07) is 8.04. The summed E-state index contributed by atoms with van der Waals surface area (Å²) in [5.74, 6) is -2.06. The van der Waals surface area contributed by atoms with Crippen LogP contribution in [0.4, 0.5) is 26.1 Å². The zero-order valence-corrected chi connectivity index (χ0v) is 15.8. The molecule has 3 aromatic rings. The van der Waals surface area contributed by atoms with Crippen LogP contribution in [0, 0.1) is 11.6 Å². The summed E-state index contributed by atoms with van der Waals surface area (Å²) in [6.07, 6.45) is 2.56. The molecular weight excluding hydrogens is 396 g/mol. The highest BCUT2D eigenvalue weighted by molar-refractivity contribution is 5.98. The Labute approximate surface area is 170 Å². The molecular formula is C20H17F2N5O3. The molecule has 2 aromatic heterocycles. The summed E-state index contributed by atoms with van der Waals surface area (Å²) in [5, 5.41) is 5.71. The van der Waals surface area contributed by atoms with Crippen molar-refractivity contribution in [2.24, 2.45) is 5.73 Å². The Kier molecular flexibility index (Phi) is 6.16. The number of hydrogen-bond acceptors (Lipinski definition) is 7. The van der Waals surface area contributed by atoms with Gasteiger partial charge in [-0.1, -0.05) is 6.07 Å². The van der Waals surface area contributed by atoms with Crippen molar-refractivity contribution in [2.45, 2.75) is 6.54 Å². The van der Waals surface area contributed by atoms with Crippen molar-refractivity contribution in [1.29, 1.82) is 0 Å². The van der Waals surface area contributed by atoms with E-state index in [0.29, 0.717) is 5.82 Å². The molecule has 1 aromatic carbocycles.